The molecule has 3 unspecified atom stereocenters. The van der Waals surface area contributed by atoms with Crippen molar-refractivity contribution >= 4 is 5.82 Å². The van der Waals surface area contributed by atoms with Crippen LogP contribution in [0.5, 0.6) is 0 Å². The fraction of sp³-hybridized carbons (Fsp3) is 0.636. The second-order valence-corrected chi connectivity index (χ2v) is 4.61. The van der Waals surface area contributed by atoms with Gasteiger partial charge in [-0.15, -0.1) is 0 Å². The molecule has 1 aromatic rings. The number of rotatable bonds is 1. The molecule has 1 aromatic heterocycles. The maximum Gasteiger partial charge on any atom is 0.145 e. The first kappa shape index (κ1) is 8.21. The van der Waals surface area contributed by atoms with Crippen LogP contribution in [0.2, 0.25) is 0 Å². The van der Waals surface area contributed by atoms with Crippen molar-refractivity contribution < 1.29 is 0 Å². The van der Waals surface area contributed by atoms with Gasteiger partial charge in [-0.1, -0.05) is 6.42 Å². The fourth-order valence-corrected chi connectivity index (χ4v) is 3.22. The van der Waals surface area contributed by atoms with Crippen LogP contribution in [0.3, 0.4) is 0 Å². The molecule has 1 heterocycles. The van der Waals surface area contributed by atoms with Crippen LogP contribution in [0, 0.1) is 11.8 Å². The van der Waals surface area contributed by atoms with E-state index in [1.807, 2.05) is 0 Å². The van der Waals surface area contributed by atoms with Crippen molar-refractivity contribution in [2.75, 3.05) is 5.73 Å². The van der Waals surface area contributed by atoms with Gasteiger partial charge in [-0.25, -0.2) is 4.98 Å². The lowest BCUT2D eigenvalue weighted by Gasteiger charge is -2.21. The molecular formula is C11H15N3. The zero-order chi connectivity index (χ0) is 9.54. The monoisotopic (exact) mass is 189 g/mol. The minimum Gasteiger partial charge on any atom is -0.382 e. The molecule has 2 aliphatic carbocycles. The summed E-state index contributed by atoms with van der Waals surface area (Å²) in [5.74, 6) is 3.01. The molecule has 0 aliphatic heterocycles. The van der Waals surface area contributed by atoms with E-state index in [1.54, 1.807) is 12.4 Å². The molecule has 0 spiro atoms. The molecule has 2 saturated carbocycles. The molecule has 2 N–H and O–H groups in total. The van der Waals surface area contributed by atoms with Gasteiger partial charge in [0.15, 0.2) is 0 Å². The van der Waals surface area contributed by atoms with Crippen LogP contribution in [-0.2, 0) is 0 Å². The normalized spacial score (nSPS) is 35.0. The Kier molecular flexibility index (Phi) is 1.72. The third-order valence-electron chi connectivity index (χ3n) is 3.85. The second kappa shape index (κ2) is 2.94. The van der Waals surface area contributed by atoms with E-state index in [-0.39, 0.29) is 0 Å². The summed E-state index contributed by atoms with van der Waals surface area (Å²) in [4.78, 5) is 8.51. The first-order chi connectivity index (χ1) is 6.84. The third kappa shape index (κ3) is 1.11. The minimum absolute atomic E-state index is 0.599. The van der Waals surface area contributed by atoms with Gasteiger partial charge in [-0.2, -0.15) is 0 Å². The highest BCUT2D eigenvalue weighted by Gasteiger charge is 2.41. The third-order valence-corrected chi connectivity index (χ3v) is 3.85. The molecule has 0 amide bonds. The molecule has 2 bridgehead atoms. The van der Waals surface area contributed by atoms with Gasteiger partial charge < -0.3 is 5.73 Å². The van der Waals surface area contributed by atoms with Gasteiger partial charge in [0.25, 0.3) is 0 Å². The van der Waals surface area contributed by atoms with Gasteiger partial charge in [0.1, 0.15) is 5.82 Å². The van der Waals surface area contributed by atoms with Crippen molar-refractivity contribution in [1.82, 2.24) is 9.97 Å². The molecule has 2 fully saturated rings. The first-order valence-electron chi connectivity index (χ1n) is 5.41. The number of fused-ring (bicyclic) bond motifs is 2. The number of nitrogens with zero attached hydrogens (tertiary/aromatic N) is 2. The SMILES string of the molecule is Nc1nccnc1C1CC2CCC1C2. The summed E-state index contributed by atoms with van der Waals surface area (Å²) in [5.41, 5.74) is 6.91. The predicted octanol–water partition coefficient (Wildman–Crippen LogP) is 1.96. The quantitative estimate of drug-likeness (QED) is 0.734. The minimum atomic E-state index is 0.599. The Labute approximate surface area is 83.8 Å². The zero-order valence-electron chi connectivity index (χ0n) is 8.19. The van der Waals surface area contributed by atoms with Crippen molar-refractivity contribution in [2.45, 2.75) is 31.6 Å². The Morgan fingerprint density at radius 1 is 1.14 bits per heavy atom. The highest BCUT2D eigenvalue weighted by molar-refractivity contribution is 5.37. The lowest BCUT2D eigenvalue weighted by atomic mass is 9.86. The number of nitrogens with two attached hydrogens (primary N) is 1. The topological polar surface area (TPSA) is 51.8 Å². The Morgan fingerprint density at radius 2 is 2.00 bits per heavy atom. The van der Waals surface area contributed by atoms with Gasteiger partial charge in [-0.05, 0) is 31.1 Å². The molecule has 0 saturated heterocycles. The van der Waals surface area contributed by atoms with Crippen LogP contribution in [0.4, 0.5) is 5.82 Å². The lowest BCUT2D eigenvalue weighted by molar-refractivity contribution is 0.413. The molecule has 0 radical (unpaired) electrons. The molecule has 3 rings (SSSR count). The van der Waals surface area contributed by atoms with Gasteiger partial charge in [0, 0.05) is 18.3 Å². The van der Waals surface area contributed by atoms with Crippen LogP contribution in [-0.4, -0.2) is 9.97 Å². The smallest absolute Gasteiger partial charge is 0.145 e. The molecule has 3 atom stereocenters. The van der Waals surface area contributed by atoms with Gasteiger partial charge in [0.2, 0.25) is 0 Å². The van der Waals surface area contributed by atoms with Crippen molar-refractivity contribution in [1.29, 1.82) is 0 Å². The number of nitrogen functional groups attached to an aromatic ring is 1. The van der Waals surface area contributed by atoms with Crippen LogP contribution in [0.15, 0.2) is 12.4 Å². The van der Waals surface area contributed by atoms with E-state index >= 15 is 0 Å². The summed E-state index contributed by atoms with van der Waals surface area (Å²) in [6.45, 7) is 0. The van der Waals surface area contributed by atoms with Crippen molar-refractivity contribution in [2.24, 2.45) is 11.8 Å². The van der Waals surface area contributed by atoms with E-state index in [0.717, 1.165) is 17.5 Å². The predicted molar refractivity (Wildman–Crippen MR) is 54.6 cm³/mol. The lowest BCUT2D eigenvalue weighted by Crippen LogP contribution is -2.13. The average Bonchev–Trinajstić information content (AvgIpc) is 2.79. The zero-order valence-corrected chi connectivity index (χ0v) is 8.19. The summed E-state index contributed by atoms with van der Waals surface area (Å²) in [6, 6.07) is 0. The summed E-state index contributed by atoms with van der Waals surface area (Å²) < 4.78 is 0. The Morgan fingerprint density at radius 3 is 2.64 bits per heavy atom. The van der Waals surface area contributed by atoms with Crippen molar-refractivity contribution in [3.05, 3.63) is 18.1 Å². The van der Waals surface area contributed by atoms with Gasteiger partial charge in [-0.3, -0.25) is 4.98 Å². The number of hydrogen-bond acceptors (Lipinski definition) is 3. The van der Waals surface area contributed by atoms with E-state index in [4.69, 9.17) is 5.73 Å². The van der Waals surface area contributed by atoms with E-state index in [9.17, 15) is 0 Å². The van der Waals surface area contributed by atoms with Crippen LogP contribution in [0.25, 0.3) is 0 Å². The van der Waals surface area contributed by atoms with E-state index in [0.29, 0.717) is 11.7 Å². The highest BCUT2D eigenvalue weighted by Crippen LogP contribution is 2.52. The number of hydrogen-bond donors (Lipinski definition) is 1. The summed E-state index contributed by atoms with van der Waals surface area (Å²) in [5, 5.41) is 0. The fourth-order valence-electron chi connectivity index (χ4n) is 3.22. The van der Waals surface area contributed by atoms with Crippen molar-refractivity contribution in [3.63, 3.8) is 0 Å². The average molecular weight is 189 g/mol. The summed E-state index contributed by atoms with van der Waals surface area (Å²) in [7, 11) is 0. The molecule has 0 aromatic carbocycles. The van der Waals surface area contributed by atoms with Crippen LogP contribution >= 0.6 is 0 Å². The number of aromatic nitrogens is 2. The number of anilines is 1. The maximum atomic E-state index is 5.86. The molecule has 2 aliphatic rings. The van der Waals surface area contributed by atoms with E-state index < -0.39 is 0 Å². The molecule has 3 nitrogen and oxygen atoms in total. The Balaban J connectivity index is 1.93. The second-order valence-electron chi connectivity index (χ2n) is 4.61. The molecular weight excluding hydrogens is 174 g/mol. The standard InChI is InChI=1S/C11H15N3/c12-11-10(13-3-4-14-11)9-6-7-1-2-8(9)5-7/h3-4,7-9H,1-2,5-6H2,(H2,12,14). The Bertz CT molecular complexity index is 350. The molecule has 3 heteroatoms. The van der Waals surface area contributed by atoms with Crippen LogP contribution < -0.4 is 5.73 Å². The summed E-state index contributed by atoms with van der Waals surface area (Å²) >= 11 is 0. The van der Waals surface area contributed by atoms with Crippen molar-refractivity contribution in [3.8, 4) is 0 Å². The first-order valence-corrected chi connectivity index (χ1v) is 5.41. The Hall–Kier alpha value is -1.12. The largest absolute Gasteiger partial charge is 0.382 e. The summed E-state index contributed by atoms with van der Waals surface area (Å²) in [6.07, 6.45) is 8.89. The van der Waals surface area contributed by atoms with E-state index in [2.05, 4.69) is 9.97 Å². The molecule has 74 valence electrons. The van der Waals surface area contributed by atoms with Crippen LogP contribution in [0.1, 0.15) is 37.3 Å². The highest BCUT2D eigenvalue weighted by atomic mass is 14.9. The van der Waals surface area contributed by atoms with E-state index in [1.165, 1.54) is 25.7 Å². The molecule has 14 heavy (non-hydrogen) atoms. The van der Waals surface area contributed by atoms with Gasteiger partial charge in [0.05, 0.1) is 5.69 Å². The maximum absolute atomic E-state index is 5.86. The van der Waals surface area contributed by atoms with Gasteiger partial charge >= 0.3 is 0 Å².